The van der Waals surface area contributed by atoms with Crippen LogP contribution in [0, 0.1) is 5.41 Å². The van der Waals surface area contributed by atoms with Crippen molar-refractivity contribution >= 4 is 22.7 Å². The number of morpholine rings is 1. The molecule has 0 aliphatic carbocycles. The summed E-state index contributed by atoms with van der Waals surface area (Å²) in [6.07, 6.45) is 5.19. The van der Waals surface area contributed by atoms with E-state index in [9.17, 15) is 9.59 Å². The van der Waals surface area contributed by atoms with E-state index in [0.717, 1.165) is 36.6 Å². The van der Waals surface area contributed by atoms with E-state index in [1.807, 2.05) is 40.1 Å². The molecule has 6 heteroatoms. The average Bonchev–Trinajstić information content (AvgIpc) is 3.35. The first kappa shape index (κ1) is 18.6. The first-order valence-corrected chi connectivity index (χ1v) is 10.7. The van der Waals surface area contributed by atoms with Crippen LogP contribution in [0.3, 0.4) is 0 Å². The summed E-state index contributed by atoms with van der Waals surface area (Å²) in [5.74, 6) is 0.258. The molecular formula is C23H27N3O3. The third-order valence-corrected chi connectivity index (χ3v) is 7.21. The lowest BCUT2D eigenvalue weighted by Gasteiger charge is -2.40. The van der Waals surface area contributed by atoms with Crippen molar-refractivity contribution in [3.63, 3.8) is 0 Å². The third kappa shape index (κ3) is 2.76. The summed E-state index contributed by atoms with van der Waals surface area (Å²) in [6.45, 7) is 4.61. The first-order chi connectivity index (χ1) is 14.2. The van der Waals surface area contributed by atoms with Gasteiger partial charge in [-0.2, -0.15) is 0 Å². The highest BCUT2D eigenvalue weighted by molar-refractivity contribution is 6.07. The number of aromatic nitrogens is 1. The molecule has 3 aliphatic rings. The minimum Gasteiger partial charge on any atom is -0.378 e. The number of amides is 2. The molecule has 3 atom stereocenters. The number of benzene rings is 1. The van der Waals surface area contributed by atoms with E-state index in [4.69, 9.17) is 4.74 Å². The van der Waals surface area contributed by atoms with Gasteiger partial charge in [-0.1, -0.05) is 19.1 Å². The molecule has 5 rings (SSSR count). The minimum absolute atomic E-state index is 0.0210. The Morgan fingerprint density at radius 2 is 2.00 bits per heavy atom. The molecule has 3 saturated heterocycles. The van der Waals surface area contributed by atoms with Crippen molar-refractivity contribution in [2.24, 2.45) is 5.41 Å². The fourth-order valence-corrected chi connectivity index (χ4v) is 5.76. The van der Waals surface area contributed by atoms with Gasteiger partial charge in [0.05, 0.1) is 24.1 Å². The van der Waals surface area contributed by atoms with Crippen molar-refractivity contribution in [3.8, 4) is 0 Å². The molecule has 0 radical (unpaired) electrons. The normalized spacial score (nSPS) is 28.9. The van der Waals surface area contributed by atoms with Gasteiger partial charge in [-0.05, 0) is 43.9 Å². The van der Waals surface area contributed by atoms with Gasteiger partial charge in [0.25, 0.3) is 5.91 Å². The summed E-state index contributed by atoms with van der Waals surface area (Å²) in [5, 5.41) is 0.882. The molecule has 6 nitrogen and oxygen atoms in total. The molecule has 2 amide bonds. The molecule has 2 aromatic rings. The Morgan fingerprint density at radius 1 is 1.17 bits per heavy atom. The predicted molar refractivity (Wildman–Crippen MR) is 109 cm³/mol. The van der Waals surface area contributed by atoms with Crippen molar-refractivity contribution in [2.75, 3.05) is 26.3 Å². The SMILES string of the molecule is CC[C@]1(C(=O)N2CCOCC2)C[C@H]2CC[C@@H]1N2C(=O)c1cccc2ncccc12. The van der Waals surface area contributed by atoms with Crippen LogP contribution in [0.15, 0.2) is 36.5 Å². The molecule has 0 spiro atoms. The third-order valence-electron chi connectivity index (χ3n) is 7.21. The van der Waals surface area contributed by atoms with Crippen LogP contribution < -0.4 is 0 Å². The van der Waals surface area contributed by atoms with Crippen LogP contribution in [-0.2, 0) is 9.53 Å². The van der Waals surface area contributed by atoms with Crippen molar-refractivity contribution in [2.45, 2.75) is 44.7 Å². The van der Waals surface area contributed by atoms with E-state index in [1.165, 1.54) is 0 Å². The summed E-state index contributed by atoms with van der Waals surface area (Å²) >= 11 is 0. The predicted octanol–water partition coefficient (Wildman–Crippen LogP) is 2.87. The molecule has 29 heavy (non-hydrogen) atoms. The summed E-state index contributed by atoms with van der Waals surface area (Å²) in [6, 6.07) is 9.67. The summed E-state index contributed by atoms with van der Waals surface area (Å²) in [5.41, 5.74) is 1.06. The molecule has 3 fully saturated rings. The molecule has 1 aromatic carbocycles. The number of fused-ring (bicyclic) bond motifs is 3. The topological polar surface area (TPSA) is 62.7 Å². The van der Waals surface area contributed by atoms with E-state index in [0.29, 0.717) is 31.9 Å². The van der Waals surface area contributed by atoms with Crippen molar-refractivity contribution < 1.29 is 14.3 Å². The lowest BCUT2D eigenvalue weighted by Crippen LogP contribution is -2.53. The van der Waals surface area contributed by atoms with E-state index < -0.39 is 5.41 Å². The molecular weight excluding hydrogens is 366 g/mol. The Hall–Kier alpha value is -2.47. The molecule has 3 aliphatic heterocycles. The zero-order chi connectivity index (χ0) is 20.0. The summed E-state index contributed by atoms with van der Waals surface area (Å²) in [4.78, 5) is 35.6. The van der Waals surface area contributed by atoms with Gasteiger partial charge in [0.1, 0.15) is 0 Å². The van der Waals surface area contributed by atoms with Gasteiger partial charge >= 0.3 is 0 Å². The van der Waals surface area contributed by atoms with E-state index in [2.05, 4.69) is 11.9 Å². The van der Waals surface area contributed by atoms with Gasteiger partial charge in [0.2, 0.25) is 5.91 Å². The maximum atomic E-state index is 13.7. The maximum Gasteiger partial charge on any atom is 0.255 e. The number of carbonyl (C=O) groups excluding carboxylic acids is 2. The number of hydrogen-bond acceptors (Lipinski definition) is 4. The second-order valence-corrected chi connectivity index (χ2v) is 8.45. The van der Waals surface area contributed by atoms with Crippen LogP contribution in [-0.4, -0.2) is 65.0 Å². The molecule has 0 saturated carbocycles. The van der Waals surface area contributed by atoms with Gasteiger partial charge in [0, 0.05) is 42.3 Å². The summed E-state index contributed by atoms with van der Waals surface area (Å²) in [7, 11) is 0. The molecule has 2 bridgehead atoms. The number of nitrogens with zero attached hydrogens (tertiary/aromatic N) is 3. The van der Waals surface area contributed by atoms with Crippen molar-refractivity contribution in [1.29, 1.82) is 0 Å². The number of carbonyl (C=O) groups is 2. The van der Waals surface area contributed by atoms with Gasteiger partial charge in [0.15, 0.2) is 0 Å². The van der Waals surface area contributed by atoms with Crippen LogP contribution in [0.4, 0.5) is 0 Å². The average molecular weight is 393 g/mol. The Balaban J connectivity index is 1.49. The number of pyridine rings is 1. The smallest absolute Gasteiger partial charge is 0.255 e. The molecule has 152 valence electrons. The fraction of sp³-hybridized carbons (Fsp3) is 0.522. The van der Waals surface area contributed by atoms with Crippen LogP contribution in [0.2, 0.25) is 0 Å². The van der Waals surface area contributed by atoms with Crippen LogP contribution in [0.1, 0.15) is 43.0 Å². The fourth-order valence-electron chi connectivity index (χ4n) is 5.76. The van der Waals surface area contributed by atoms with E-state index >= 15 is 0 Å². The van der Waals surface area contributed by atoms with Crippen LogP contribution in [0.5, 0.6) is 0 Å². The van der Waals surface area contributed by atoms with Gasteiger partial charge in [-0.3, -0.25) is 14.6 Å². The van der Waals surface area contributed by atoms with Crippen LogP contribution in [0.25, 0.3) is 10.9 Å². The largest absolute Gasteiger partial charge is 0.378 e. The van der Waals surface area contributed by atoms with Crippen molar-refractivity contribution in [1.82, 2.24) is 14.8 Å². The van der Waals surface area contributed by atoms with Gasteiger partial charge < -0.3 is 14.5 Å². The molecule has 0 N–H and O–H groups in total. The molecule has 1 aromatic heterocycles. The standard InChI is InChI=1S/C23H27N3O3/c1-2-23(22(28)25-11-13-29-14-12-25)15-16-8-9-20(23)26(16)21(27)18-5-3-7-19-17(18)6-4-10-24-19/h3-7,10,16,20H,2,8-9,11-15H2,1H3/t16-,20+,23+/m1/s1. The lowest BCUT2D eigenvalue weighted by molar-refractivity contribution is -0.148. The lowest BCUT2D eigenvalue weighted by atomic mass is 9.70. The van der Waals surface area contributed by atoms with Gasteiger partial charge in [-0.15, -0.1) is 0 Å². The zero-order valence-corrected chi connectivity index (χ0v) is 16.8. The minimum atomic E-state index is -0.460. The monoisotopic (exact) mass is 393 g/mol. The highest BCUT2D eigenvalue weighted by atomic mass is 16.5. The second kappa shape index (κ2) is 7.10. The van der Waals surface area contributed by atoms with Gasteiger partial charge in [-0.25, -0.2) is 0 Å². The number of hydrogen-bond donors (Lipinski definition) is 0. The maximum absolute atomic E-state index is 13.7. The Labute approximate surface area is 170 Å². The number of rotatable bonds is 3. The second-order valence-electron chi connectivity index (χ2n) is 8.45. The molecule has 4 heterocycles. The zero-order valence-electron chi connectivity index (χ0n) is 16.8. The molecule has 0 unspecified atom stereocenters. The quantitative estimate of drug-likeness (QED) is 0.805. The Morgan fingerprint density at radius 3 is 2.79 bits per heavy atom. The van der Waals surface area contributed by atoms with Crippen LogP contribution >= 0.6 is 0 Å². The van der Waals surface area contributed by atoms with Crippen molar-refractivity contribution in [3.05, 3.63) is 42.1 Å². The highest BCUT2D eigenvalue weighted by Crippen LogP contribution is 2.53. The first-order valence-electron chi connectivity index (χ1n) is 10.7. The van der Waals surface area contributed by atoms with E-state index in [-0.39, 0.29) is 23.9 Å². The summed E-state index contributed by atoms with van der Waals surface area (Å²) < 4.78 is 5.43. The Kier molecular flexibility index (Phi) is 4.54. The number of ether oxygens (including phenoxy) is 1. The Bertz CT molecular complexity index is 950. The van der Waals surface area contributed by atoms with E-state index in [1.54, 1.807) is 6.20 Å². The highest BCUT2D eigenvalue weighted by Gasteiger charge is 2.61.